The van der Waals surface area contributed by atoms with Crippen molar-refractivity contribution in [2.24, 2.45) is 0 Å². The summed E-state index contributed by atoms with van der Waals surface area (Å²) < 4.78 is 6.13. The van der Waals surface area contributed by atoms with Crippen molar-refractivity contribution in [2.45, 2.75) is 0 Å². The van der Waals surface area contributed by atoms with Crippen LogP contribution in [-0.2, 0) is 4.74 Å². The van der Waals surface area contributed by atoms with Gasteiger partial charge in [0.1, 0.15) is 5.69 Å². The molecule has 6 nitrogen and oxygen atoms in total. The minimum atomic E-state index is -0.510. The van der Waals surface area contributed by atoms with Crippen LogP contribution in [0, 0.1) is 0 Å². The standard InChI is InChI=1S/C7H8N4O2/c1-13-7(12)10-5-4-9-11-3-2-8-6(5)11/h2-4,9H,1H3,(H,10,12). The molecule has 0 spiro atoms. The summed E-state index contributed by atoms with van der Waals surface area (Å²) in [6, 6.07) is 0. The number of imidazole rings is 1. The Morgan fingerprint density at radius 2 is 2.62 bits per heavy atom. The molecule has 2 heterocycles. The molecule has 2 aromatic heterocycles. The monoisotopic (exact) mass is 180 g/mol. The molecule has 0 aliphatic heterocycles. The van der Waals surface area contributed by atoms with Crippen LogP contribution in [0.1, 0.15) is 0 Å². The first-order valence-electron chi connectivity index (χ1n) is 3.66. The molecule has 0 saturated heterocycles. The van der Waals surface area contributed by atoms with Gasteiger partial charge in [-0.1, -0.05) is 0 Å². The Kier molecular flexibility index (Phi) is 1.66. The van der Waals surface area contributed by atoms with E-state index in [1.807, 2.05) is 0 Å². The van der Waals surface area contributed by atoms with Crippen molar-refractivity contribution >= 4 is 17.4 Å². The highest BCUT2D eigenvalue weighted by Crippen LogP contribution is 2.13. The number of methoxy groups -OCH3 is 1. The van der Waals surface area contributed by atoms with E-state index in [0.29, 0.717) is 11.3 Å². The van der Waals surface area contributed by atoms with Crippen molar-refractivity contribution in [3.8, 4) is 0 Å². The van der Waals surface area contributed by atoms with E-state index in [9.17, 15) is 4.79 Å². The topological polar surface area (TPSA) is 71.4 Å². The molecular formula is C7H8N4O2. The highest BCUT2D eigenvalue weighted by molar-refractivity contribution is 5.89. The van der Waals surface area contributed by atoms with Crippen molar-refractivity contribution in [1.82, 2.24) is 14.6 Å². The van der Waals surface area contributed by atoms with Crippen LogP contribution >= 0.6 is 0 Å². The Labute approximate surface area is 73.5 Å². The third-order valence-electron chi connectivity index (χ3n) is 1.65. The van der Waals surface area contributed by atoms with Crippen LogP contribution in [-0.4, -0.2) is 27.8 Å². The zero-order valence-corrected chi connectivity index (χ0v) is 6.94. The molecule has 0 aliphatic rings. The number of amides is 1. The number of carbonyl (C=O) groups excluding carboxylic acids is 1. The van der Waals surface area contributed by atoms with E-state index < -0.39 is 6.09 Å². The van der Waals surface area contributed by atoms with Gasteiger partial charge in [0, 0.05) is 18.6 Å². The first kappa shape index (κ1) is 7.66. The van der Waals surface area contributed by atoms with Gasteiger partial charge in [-0.25, -0.2) is 14.3 Å². The number of hydrogen-bond donors (Lipinski definition) is 2. The molecule has 0 bridgehead atoms. The van der Waals surface area contributed by atoms with Gasteiger partial charge in [-0.05, 0) is 0 Å². The van der Waals surface area contributed by atoms with Crippen LogP contribution in [0.3, 0.4) is 0 Å². The van der Waals surface area contributed by atoms with Gasteiger partial charge in [0.25, 0.3) is 0 Å². The van der Waals surface area contributed by atoms with Crippen molar-refractivity contribution in [3.63, 3.8) is 0 Å². The number of carbonyl (C=O) groups is 1. The number of nitrogens with zero attached hydrogens (tertiary/aromatic N) is 2. The SMILES string of the molecule is COC(=O)Nc1c[nH]n2ccnc12. The van der Waals surface area contributed by atoms with Gasteiger partial charge in [-0.3, -0.25) is 10.4 Å². The predicted molar refractivity (Wildman–Crippen MR) is 45.6 cm³/mol. The van der Waals surface area contributed by atoms with E-state index in [2.05, 4.69) is 20.1 Å². The lowest BCUT2D eigenvalue weighted by molar-refractivity contribution is 0.187. The molecule has 0 saturated carbocycles. The first-order valence-corrected chi connectivity index (χ1v) is 3.66. The summed E-state index contributed by atoms with van der Waals surface area (Å²) in [5.74, 6) is 0. The molecule has 2 aromatic rings. The molecule has 68 valence electrons. The third-order valence-corrected chi connectivity index (χ3v) is 1.65. The molecule has 0 radical (unpaired) electrons. The van der Waals surface area contributed by atoms with Gasteiger partial charge in [0.2, 0.25) is 0 Å². The van der Waals surface area contributed by atoms with Gasteiger partial charge in [0.15, 0.2) is 5.65 Å². The number of anilines is 1. The number of fused-ring (bicyclic) bond motifs is 1. The Morgan fingerprint density at radius 3 is 3.38 bits per heavy atom. The van der Waals surface area contributed by atoms with Gasteiger partial charge in [-0.15, -0.1) is 0 Å². The van der Waals surface area contributed by atoms with Crippen LogP contribution < -0.4 is 5.32 Å². The lowest BCUT2D eigenvalue weighted by Gasteiger charge is -1.98. The minimum absolute atomic E-state index is 0.510. The molecule has 2 rings (SSSR count). The molecule has 0 aromatic carbocycles. The molecule has 13 heavy (non-hydrogen) atoms. The molecule has 1 amide bonds. The number of hydrogen-bond acceptors (Lipinski definition) is 3. The number of ether oxygens (including phenoxy) is 1. The van der Waals surface area contributed by atoms with E-state index >= 15 is 0 Å². The second-order valence-corrected chi connectivity index (χ2v) is 2.42. The van der Waals surface area contributed by atoms with E-state index in [1.165, 1.54) is 7.11 Å². The molecule has 2 N–H and O–H groups in total. The molecule has 0 fully saturated rings. The molecule has 0 unspecified atom stereocenters. The lowest BCUT2D eigenvalue weighted by atomic mass is 10.5. The number of aromatic amines is 1. The Balaban J connectivity index is 2.33. The maximum atomic E-state index is 10.9. The van der Waals surface area contributed by atoms with Crippen LogP contribution in [0.4, 0.5) is 10.5 Å². The zero-order chi connectivity index (χ0) is 9.26. The van der Waals surface area contributed by atoms with Crippen LogP contribution in [0.5, 0.6) is 0 Å². The van der Waals surface area contributed by atoms with Gasteiger partial charge >= 0.3 is 6.09 Å². The fraction of sp³-hybridized carbons (Fsp3) is 0.143. The summed E-state index contributed by atoms with van der Waals surface area (Å²) >= 11 is 0. The number of aromatic nitrogens is 3. The highest BCUT2D eigenvalue weighted by atomic mass is 16.5. The van der Waals surface area contributed by atoms with E-state index in [4.69, 9.17) is 0 Å². The number of H-pyrrole nitrogens is 1. The average Bonchev–Trinajstić information content (AvgIpc) is 2.69. The Morgan fingerprint density at radius 1 is 1.77 bits per heavy atom. The fourth-order valence-corrected chi connectivity index (χ4v) is 1.06. The zero-order valence-electron chi connectivity index (χ0n) is 6.94. The third kappa shape index (κ3) is 1.22. The summed E-state index contributed by atoms with van der Waals surface area (Å²) in [5.41, 5.74) is 1.25. The molecular weight excluding hydrogens is 172 g/mol. The maximum absolute atomic E-state index is 10.9. The van der Waals surface area contributed by atoms with E-state index in [1.54, 1.807) is 23.1 Å². The van der Waals surface area contributed by atoms with Crippen LogP contribution in [0.15, 0.2) is 18.6 Å². The lowest BCUT2D eigenvalue weighted by Crippen LogP contribution is -2.10. The van der Waals surface area contributed by atoms with E-state index in [-0.39, 0.29) is 0 Å². The normalized spacial score (nSPS) is 10.2. The summed E-state index contributed by atoms with van der Waals surface area (Å²) in [4.78, 5) is 14.9. The summed E-state index contributed by atoms with van der Waals surface area (Å²) in [7, 11) is 1.31. The van der Waals surface area contributed by atoms with Crippen molar-refractivity contribution in [2.75, 3.05) is 12.4 Å². The molecule has 0 aliphatic carbocycles. The first-order chi connectivity index (χ1) is 6.31. The quantitative estimate of drug-likeness (QED) is 0.683. The van der Waals surface area contributed by atoms with Crippen molar-refractivity contribution in [1.29, 1.82) is 0 Å². The Hall–Kier alpha value is -1.98. The van der Waals surface area contributed by atoms with Gasteiger partial charge in [0.05, 0.1) is 7.11 Å². The maximum Gasteiger partial charge on any atom is 0.411 e. The predicted octanol–water partition coefficient (Wildman–Crippen LogP) is 0.841. The number of nitrogens with one attached hydrogen (secondary N) is 2. The average molecular weight is 180 g/mol. The van der Waals surface area contributed by atoms with Gasteiger partial charge in [-0.2, -0.15) is 0 Å². The van der Waals surface area contributed by atoms with Crippen LogP contribution in [0.2, 0.25) is 0 Å². The van der Waals surface area contributed by atoms with Gasteiger partial charge < -0.3 is 4.74 Å². The smallest absolute Gasteiger partial charge is 0.411 e. The van der Waals surface area contributed by atoms with Crippen molar-refractivity contribution < 1.29 is 9.53 Å². The Bertz CT molecular complexity index is 430. The van der Waals surface area contributed by atoms with E-state index in [0.717, 1.165) is 0 Å². The summed E-state index contributed by atoms with van der Waals surface area (Å²) in [6.45, 7) is 0. The largest absolute Gasteiger partial charge is 0.453 e. The second-order valence-electron chi connectivity index (χ2n) is 2.42. The highest BCUT2D eigenvalue weighted by Gasteiger charge is 2.07. The molecule has 0 atom stereocenters. The fourth-order valence-electron chi connectivity index (χ4n) is 1.06. The summed E-state index contributed by atoms with van der Waals surface area (Å²) in [6.07, 6.45) is 4.51. The summed E-state index contributed by atoms with van der Waals surface area (Å²) in [5, 5.41) is 5.41. The van der Waals surface area contributed by atoms with Crippen LogP contribution in [0.25, 0.3) is 5.65 Å². The minimum Gasteiger partial charge on any atom is -0.453 e. The second kappa shape index (κ2) is 2.81. The number of rotatable bonds is 1. The molecule has 6 heteroatoms. The van der Waals surface area contributed by atoms with Crippen molar-refractivity contribution in [3.05, 3.63) is 18.6 Å².